The molecule has 0 aromatic rings. The molecule has 0 saturated carbocycles. The minimum absolute atomic E-state index is 0.635. The molecular weight excluding hydrogens is 124 g/mol. The van der Waals surface area contributed by atoms with Crippen molar-refractivity contribution in [2.45, 2.75) is 33.1 Å². The van der Waals surface area contributed by atoms with E-state index in [1.807, 2.05) is 0 Å². The lowest BCUT2D eigenvalue weighted by Gasteiger charge is -1.92. The highest BCUT2D eigenvalue weighted by atomic mass is 16.1. The summed E-state index contributed by atoms with van der Waals surface area (Å²) in [7, 11) is 0. The summed E-state index contributed by atoms with van der Waals surface area (Å²) in [5.74, 6) is 0.635. The first-order chi connectivity index (χ1) is 4.77. The van der Waals surface area contributed by atoms with Crippen LogP contribution in [0.2, 0.25) is 0 Å². The Labute approximate surface area is 63.1 Å². The molecule has 1 nitrogen and oxygen atoms in total. The first kappa shape index (κ1) is 9.41. The van der Waals surface area contributed by atoms with Gasteiger partial charge in [0.25, 0.3) is 0 Å². The smallest absolute Gasteiger partial charge is 0.120 e. The predicted molar refractivity (Wildman–Crippen MR) is 43.9 cm³/mol. The fraction of sp³-hybridized carbons (Fsp3) is 0.667. The van der Waals surface area contributed by atoms with Crippen molar-refractivity contribution in [3.63, 3.8) is 0 Å². The second-order valence-corrected chi connectivity index (χ2v) is 2.77. The number of carbonyl (C=O) groups excluding carboxylic acids is 1. The molecule has 1 heteroatoms. The van der Waals surface area contributed by atoms with Crippen LogP contribution in [0.4, 0.5) is 0 Å². The van der Waals surface area contributed by atoms with E-state index in [1.165, 1.54) is 0 Å². The van der Waals surface area contributed by atoms with E-state index in [4.69, 9.17) is 0 Å². The predicted octanol–water partition coefficient (Wildman–Crippen LogP) is 2.57. The van der Waals surface area contributed by atoms with Gasteiger partial charge in [-0.25, -0.2) is 0 Å². The minimum Gasteiger partial charge on any atom is -0.303 e. The van der Waals surface area contributed by atoms with E-state index in [2.05, 4.69) is 26.0 Å². The van der Waals surface area contributed by atoms with Crippen LogP contribution in [0.5, 0.6) is 0 Å². The van der Waals surface area contributed by atoms with Crippen LogP contribution in [0.25, 0.3) is 0 Å². The van der Waals surface area contributed by atoms with Crippen molar-refractivity contribution in [3.8, 4) is 0 Å². The molecule has 0 radical (unpaired) electrons. The van der Waals surface area contributed by atoms with Crippen LogP contribution >= 0.6 is 0 Å². The zero-order valence-electron chi connectivity index (χ0n) is 6.84. The second-order valence-electron chi connectivity index (χ2n) is 2.77. The summed E-state index contributed by atoms with van der Waals surface area (Å²) in [6.45, 7) is 4.30. The molecule has 0 aliphatic carbocycles. The molecule has 0 bridgehead atoms. The Kier molecular flexibility index (Phi) is 6.14. The molecule has 0 rings (SSSR count). The van der Waals surface area contributed by atoms with Crippen molar-refractivity contribution in [1.82, 2.24) is 0 Å². The van der Waals surface area contributed by atoms with Gasteiger partial charge in [-0.2, -0.15) is 0 Å². The molecule has 0 aromatic carbocycles. The molecule has 0 fully saturated rings. The van der Waals surface area contributed by atoms with Crippen LogP contribution in [0.3, 0.4) is 0 Å². The van der Waals surface area contributed by atoms with Crippen molar-refractivity contribution < 1.29 is 4.79 Å². The average molecular weight is 140 g/mol. The summed E-state index contributed by atoms with van der Waals surface area (Å²) in [4.78, 5) is 9.88. The molecule has 0 aromatic heterocycles. The van der Waals surface area contributed by atoms with Gasteiger partial charge in [-0.1, -0.05) is 26.0 Å². The van der Waals surface area contributed by atoms with Crippen molar-refractivity contribution in [3.05, 3.63) is 12.2 Å². The summed E-state index contributed by atoms with van der Waals surface area (Å²) in [6.07, 6.45) is 8.02. The second kappa shape index (κ2) is 6.53. The van der Waals surface area contributed by atoms with E-state index in [-0.39, 0.29) is 0 Å². The lowest BCUT2D eigenvalue weighted by Crippen LogP contribution is -1.78. The third kappa shape index (κ3) is 7.41. The molecule has 0 amide bonds. The number of carbonyl (C=O) groups is 1. The summed E-state index contributed by atoms with van der Waals surface area (Å²) in [6, 6.07) is 0. The molecule has 0 spiro atoms. The SMILES string of the molecule is CC(C)/C=C/CCCC=O. The first-order valence-electron chi connectivity index (χ1n) is 3.87. The maximum atomic E-state index is 9.88. The zero-order chi connectivity index (χ0) is 7.82. The lowest BCUT2D eigenvalue weighted by molar-refractivity contribution is -0.107. The van der Waals surface area contributed by atoms with Gasteiger partial charge in [0.2, 0.25) is 0 Å². The zero-order valence-corrected chi connectivity index (χ0v) is 6.84. The van der Waals surface area contributed by atoms with Crippen molar-refractivity contribution in [1.29, 1.82) is 0 Å². The number of hydrogen-bond donors (Lipinski definition) is 0. The quantitative estimate of drug-likeness (QED) is 0.326. The summed E-state index contributed by atoms with van der Waals surface area (Å²) in [5, 5.41) is 0. The van der Waals surface area contributed by atoms with Gasteiger partial charge in [-0.3, -0.25) is 0 Å². The highest BCUT2D eigenvalue weighted by Gasteiger charge is 1.83. The van der Waals surface area contributed by atoms with Crippen molar-refractivity contribution in [2.24, 2.45) is 5.92 Å². The van der Waals surface area contributed by atoms with Crippen LogP contribution in [-0.4, -0.2) is 6.29 Å². The Morgan fingerprint density at radius 2 is 2.00 bits per heavy atom. The number of rotatable bonds is 5. The van der Waals surface area contributed by atoms with Gasteiger partial charge in [-0.05, 0) is 18.8 Å². The summed E-state index contributed by atoms with van der Waals surface area (Å²) >= 11 is 0. The Bertz CT molecular complexity index is 103. The van der Waals surface area contributed by atoms with E-state index >= 15 is 0 Å². The number of hydrogen-bond acceptors (Lipinski definition) is 1. The van der Waals surface area contributed by atoms with Gasteiger partial charge < -0.3 is 4.79 Å². The molecular formula is C9H16O. The molecule has 10 heavy (non-hydrogen) atoms. The summed E-state index contributed by atoms with van der Waals surface area (Å²) < 4.78 is 0. The Hall–Kier alpha value is -0.590. The van der Waals surface area contributed by atoms with Crippen LogP contribution in [0.15, 0.2) is 12.2 Å². The normalized spacial score (nSPS) is 11.1. The molecule has 0 saturated heterocycles. The van der Waals surface area contributed by atoms with Crippen LogP contribution in [0, 0.1) is 5.92 Å². The van der Waals surface area contributed by atoms with Crippen LogP contribution in [0.1, 0.15) is 33.1 Å². The number of unbranched alkanes of at least 4 members (excludes halogenated alkanes) is 2. The first-order valence-corrected chi connectivity index (χ1v) is 3.87. The van der Waals surface area contributed by atoms with Crippen LogP contribution in [-0.2, 0) is 4.79 Å². The minimum atomic E-state index is 0.635. The van der Waals surface area contributed by atoms with Gasteiger partial charge in [-0.15, -0.1) is 0 Å². The molecule has 0 heterocycles. The average Bonchev–Trinajstić information content (AvgIpc) is 1.87. The highest BCUT2D eigenvalue weighted by molar-refractivity contribution is 5.48. The third-order valence-corrected chi connectivity index (χ3v) is 1.21. The third-order valence-electron chi connectivity index (χ3n) is 1.21. The van der Waals surface area contributed by atoms with E-state index in [0.29, 0.717) is 12.3 Å². The van der Waals surface area contributed by atoms with Gasteiger partial charge in [0.05, 0.1) is 0 Å². The van der Waals surface area contributed by atoms with E-state index < -0.39 is 0 Å². The fourth-order valence-corrected chi connectivity index (χ4v) is 0.687. The topological polar surface area (TPSA) is 17.1 Å². The molecule has 0 aliphatic rings. The maximum Gasteiger partial charge on any atom is 0.120 e. The molecule has 0 N–H and O–H groups in total. The van der Waals surface area contributed by atoms with Gasteiger partial charge in [0.15, 0.2) is 0 Å². The highest BCUT2D eigenvalue weighted by Crippen LogP contribution is 1.98. The van der Waals surface area contributed by atoms with Gasteiger partial charge in [0.1, 0.15) is 6.29 Å². The van der Waals surface area contributed by atoms with E-state index in [0.717, 1.165) is 19.1 Å². The van der Waals surface area contributed by atoms with Gasteiger partial charge in [0, 0.05) is 6.42 Å². The molecule has 58 valence electrons. The molecule has 0 aliphatic heterocycles. The monoisotopic (exact) mass is 140 g/mol. The Morgan fingerprint density at radius 3 is 2.50 bits per heavy atom. The Balaban J connectivity index is 3.10. The molecule has 0 atom stereocenters. The largest absolute Gasteiger partial charge is 0.303 e. The fourth-order valence-electron chi connectivity index (χ4n) is 0.687. The van der Waals surface area contributed by atoms with Gasteiger partial charge >= 0.3 is 0 Å². The molecule has 0 unspecified atom stereocenters. The standard InChI is InChI=1S/C9H16O/c1-9(2)7-5-3-4-6-8-10/h5,7-9H,3-4,6H2,1-2H3/b7-5+. The maximum absolute atomic E-state index is 9.88. The van der Waals surface area contributed by atoms with E-state index in [1.54, 1.807) is 0 Å². The van der Waals surface area contributed by atoms with Crippen molar-refractivity contribution in [2.75, 3.05) is 0 Å². The number of allylic oxidation sites excluding steroid dienone is 2. The lowest BCUT2D eigenvalue weighted by atomic mass is 10.1. The van der Waals surface area contributed by atoms with E-state index in [9.17, 15) is 4.79 Å². The van der Waals surface area contributed by atoms with Crippen LogP contribution < -0.4 is 0 Å². The summed E-state index contributed by atoms with van der Waals surface area (Å²) in [5.41, 5.74) is 0. The Morgan fingerprint density at radius 1 is 1.30 bits per heavy atom. The number of aldehydes is 1. The van der Waals surface area contributed by atoms with Crippen molar-refractivity contribution >= 4 is 6.29 Å².